The summed E-state index contributed by atoms with van der Waals surface area (Å²) in [6.45, 7) is 2.65. The molecule has 206 valence electrons. The summed E-state index contributed by atoms with van der Waals surface area (Å²) in [5.74, 6) is 0.0660. The molecule has 2 aliphatic heterocycles. The number of carbonyl (C=O) groups excluding carboxylic acids is 2. The van der Waals surface area contributed by atoms with Crippen LogP contribution in [0.5, 0.6) is 0 Å². The van der Waals surface area contributed by atoms with Crippen LogP contribution < -0.4 is 16.0 Å². The molecule has 37 heavy (non-hydrogen) atoms. The largest absolute Gasteiger partial charge is 0.465 e. The minimum Gasteiger partial charge on any atom is -0.465 e. The van der Waals surface area contributed by atoms with Gasteiger partial charge >= 0.3 is 12.1 Å². The van der Waals surface area contributed by atoms with Crippen molar-refractivity contribution >= 4 is 18.0 Å². The predicted molar refractivity (Wildman–Crippen MR) is 137 cm³/mol. The molecule has 3 rings (SSSR count). The van der Waals surface area contributed by atoms with Crippen LogP contribution in [0.2, 0.25) is 0 Å². The van der Waals surface area contributed by atoms with Crippen molar-refractivity contribution in [3.05, 3.63) is 35.6 Å². The number of urea groups is 1. The summed E-state index contributed by atoms with van der Waals surface area (Å²) in [7, 11) is 3.68. The van der Waals surface area contributed by atoms with Crippen LogP contribution in [-0.4, -0.2) is 92.4 Å². The highest BCUT2D eigenvalue weighted by atomic mass is 19.1. The van der Waals surface area contributed by atoms with Gasteiger partial charge in [-0.1, -0.05) is 12.1 Å². The predicted octanol–water partition coefficient (Wildman–Crippen LogP) is 2.42. The van der Waals surface area contributed by atoms with E-state index in [-0.39, 0.29) is 42.9 Å². The molecule has 0 bridgehead atoms. The number of likely N-dealkylation sites (tertiary alicyclic amines) is 2. The molecule has 1 aromatic rings. The Morgan fingerprint density at radius 3 is 2.78 bits per heavy atom. The number of benzene rings is 1. The van der Waals surface area contributed by atoms with Gasteiger partial charge in [0.2, 0.25) is 5.91 Å². The maximum atomic E-state index is 14.0. The molecule has 0 aromatic heterocycles. The SMILES string of the molecule is CNCC(CC1CCC(=O)N(C)C1)NC(=O)N1CCCC(C(OCCNC(=O)O)c2cccc(F)c2)C1. The topological polar surface area (TPSA) is 123 Å². The zero-order valence-corrected chi connectivity index (χ0v) is 21.7. The van der Waals surface area contributed by atoms with E-state index >= 15 is 0 Å². The third-order valence-corrected chi connectivity index (χ3v) is 7.15. The quantitative estimate of drug-likeness (QED) is 0.332. The van der Waals surface area contributed by atoms with Crippen LogP contribution in [0.25, 0.3) is 0 Å². The second kappa shape index (κ2) is 14.1. The molecule has 0 spiro atoms. The van der Waals surface area contributed by atoms with E-state index in [2.05, 4.69) is 16.0 Å². The van der Waals surface area contributed by atoms with Crippen LogP contribution in [0.4, 0.5) is 14.0 Å². The molecular formula is C26H40FN5O5. The van der Waals surface area contributed by atoms with Crippen LogP contribution in [0.1, 0.15) is 43.8 Å². The van der Waals surface area contributed by atoms with Gasteiger partial charge in [-0.05, 0) is 56.3 Å². The van der Waals surface area contributed by atoms with Gasteiger partial charge in [0.15, 0.2) is 0 Å². The van der Waals surface area contributed by atoms with Crippen LogP contribution in [0.15, 0.2) is 24.3 Å². The summed E-state index contributed by atoms with van der Waals surface area (Å²) in [6.07, 6.45) is 2.14. The van der Waals surface area contributed by atoms with Gasteiger partial charge in [-0.3, -0.25) is 4.79 Å². The number of likely N-dealkylation sites (N-methyl/N-ethyl adjacent to an activating group) is 1. The number of rotatable bonds is 11. The van der Waals surface area contributed by atoms with Crippen molar-refractivity contribution in [1.29, 1.82) is 0 Å². The molecule has 11 heteroatoms. The molecule has 2 aliphatic rings. The van der Waals surface area contributed by atoms with Crippen LogP contribution in [0.3, 0.4) is 0 Å². The zero-order chi connectivity index (χ0) is 26.8. The Hall–Kier alpha value is -2.92. The van der Waals surface area contributed by atoms with Crippen molar-refractivity contribution in [2.75, 3.05) is 53.4 Å². The van der Waals surface area contributed by atoms with Gasteiger partial charge in [0.05, 0.1) is 12.7 Å². The molecule has 4 unspecified atom stereocenters. The lowest BCUT2D eigenvalue weighted by molar-refractivity contribution is -0.133. The molecular weight excluding hydrogens is 481 g/mol. The number of nitrogens with one attached hydrogen (secondary N) is 3. The Bertz CT molecular complexity index is 919. The van der Waals surface area contributed by atoms with Gasteiger partial charge in [0.25, 0.3) is 0 Å². The lowest BCUT2D eigenvalue weighted by Crippen LogP contribution is -2.52. The molecule has 10 nitrogen and oxygen atoms in total. The van der Waals surface area contributed by atoms with Crippen molar-refractivity contribution in [3.8, 4) is 0 Å². The van der Waals surface area contributed by atoms with Crippen LogP contribution in [0, 0.1) is 17.7 Å². The summed E-state index contributed by atoms with van der Waals surface area (Å²) in [5, 5.41) is 17.4. The maximum absolute atomic E-state index is 14.0. The second-order valence-corrected chi connectivity index (χ2v) is 10.0. The first-order chi connectivity index (χ1) is 17.8. The van der Waals surface area contributed by atoms with Crippen molar-refractivity contribution in [2.45, 2.75) is 44.2 Å². The van der Waals surface area contributed by atoms with E-state index in [0.717, 1.165) is 25.7 Å². The monoisotopic (exact) mass is 521 g/mol. The number of halogens is 1. The van der Waals surface area contributed by atoms with E-state index in [4.69, 9.17) is 9.84 Å². The lowest BCUT2D eigenvalue weighted by Gasteiger charge is -2.38. The molecule has 4 atom stereocenters. The molecule has 0 radical (unpaired) electrons. The van der Waals surface area contributed by atoms with E-state index in [9.17, 15) is 18.8 Å². The van der Waals surface area contributed by atoms with Gasteiger partial charge in [-0.15, -0.1) is 0 Å². The molecule has 2 fully saturated rings. The number of hydrogen-bond donors (Lipinski definition) is 4. The first-order valence-electron chi connectivity index (χ1n) is 13.0. The standard InChI is InChI=1S/C26H40FN5O5/c1-28-15-22(13-18-8-9-23(33)31(2)16-18)30-25(34)32-11-4-6-20(17-32)24(37-12-10-29-26(35)36)19-5-3-7-21(27)14-19/h3,5,7,14,18,20,22,24,28-29H,4,6,8-13,15-17H2,1-2H3,(H,30,34)(H,35,36). The van der Waals surface area contributed by atoms with Crippen LogP contribution >= 0.6 is 0 Å². The maximum Gasteiger partial charge on any atom is 0.404 e. The van der Waals surface area contributed by atoms with Gasteiger partial charge in [0.1, 0.15) is 5.82 Å². The van der Waals surface area contributed by atoms with Gasteiger partial charge in [-0.25, -0.2) is 14.0 Å². The van der Waals surface area contributed by atoms with E-state index in [1.807, 2.05) is 14.1 Å². The van der Waals surface area contributed by atoms with Crippen molar-refractivity contribution in [2.24, 2.45) is 11.8 Å². The Morgan fingerprint density at radius 1 is 1.27 bits per heavy atom. The van der Waals surface area contributed by atoms with Gasteiger partial charge < -0.3 is 35.6 Å². The fraction of sp³-hybridized carbons (Fsp3) is 0.654. The normalized spacial score (nSPS) is 21.9. The molecule has 0 saturated carbocycles. The Labute approximate surface area is 217 Å². The van der Waals surface area contributed by atoms with Crippen molar-refractivity contribution in [1.82, 2.24) is 25.8 Å². The molecule has 2 saturated heterocycles. The molecule has 0 aliphatic carbocycles. The van der Waals surface area contributed by atoms with Gasteiger partial charge in [0, 0.05) is 58.2 Å². The first-order valence-corrected chi connectivity index (χ1v) is 13.0. The summed E-state index contributed by atoms with van der Waals surface area (Å²) in [5.41, 5.74) is 0.673. The third kappa shape index (κ3) is 8.85. The molecule has 4 amide bonds. The number of amides is 4. The van der Waals surface area contributed by atoms with E-state index < -0.39 is 12.2 Å². The van der Waals surface area contributed by atoms with E-state index in [1.165, 1.54) is 12.1 Å². The highest BCUT2D eigenvalue weighted by molar-refractivity contribution is 5.76. The second-order valence-electron chi connectivity index (χ2n) is 10.0. The Balaban J connectivity index is 1.63. The number of carbonyl (C=O) groups is 3. The average molecular weight is 522 g/mol. The summed E-state index contributed by atoms with van der Waals surface area (Å²) >= 11 is 0. The van der Waals surface area contributed by atoms with Crippen molar-refractivity contribution in [3.63, 3.8) is 0 Å². The zero-order valence-electron chi connectivity index (χ0n) is 21.7. The highest BCUT2D eigenvalue weighted by Crippen LogP contribution is 2.33. The van der Waals surface area contributed by atoms with Crippen LogP contribution in [-0.2, 0) is 9.53 Å². The minimum atomic E-state index is -1.13. The molecule has 2 heterocycles. The summed E-state index contributed by atoms with van der Waals surface area (Å²) in [4.78, 5) is 39.4. The smallest absolute Gasteiger partial charge is 0.404 e. The Kier molecular flexibility index (Phi) is 10.9. The van der Waals surface area contributed by atoms with E-state index in [0.29, 0.717) is 44.1 Å². The average Bonchev–Trinajstić information content (AvgIpc) is 2.86. The highest BCUT2D eigenvalue weighted by Gasteiger charge is 2.33. The number of carboxylic acid groups (broad SMARTS) is 1. The summed E-state index contributed by atoms with van der Waals surface area (Å²) in [6, 6.07) is 6.02. The minimum absolute atomic E-state index is 0.0631. The molecule has 4 N–H and O–H groups in total. The number of ether oxygens (including phenoxy) is 1. The fourth-order valence-corrected chi connectivity index (χ4v) is 5.37. The Morgan fingerprint density at radius 2 is 2.08 bits per heavy atom. The lowest BCUT2D eigenvalue weighted by atomic mass is 9.88. The van der Waals surface area contributed by atoms with Gasteiger partial charge in [-0.2, -0.15) is 0 Å². The third-order valence-electron chi connectivity index (χ3n) is 7.15. The fourth-order valence-electron chi connectivity index (χ4n) is 5.37. The first kappa shape index (κ1) is 28.6. The van der Waals surface area contributed by atoms with Crippen molar-refractivity contribution < 1.29 is 28.6 Å². The molecule has 1 aromatic carbocycles. The number of nitrogens with zero attached hydrogens (tertiary/aromatic N) is 2. The summed E-state index contributed by atoms with van der Waals surface area (Å²) < 4.78 is 20.0. The number of hydrogen-bond acceptors (Lipinski definition) is 5. The number of piperidine rings is 2. The van der Waals surface area contributed by atoms with E-state index in [1.54, 1.807) is 21.9 Å².